The molecule has 2 aliphatic heterocycles. The van der Waals surface area contributed by atoms with Crippen molar-refractivity contribution in [1.29, 1.82) is 0 Å². The van der Waals surface area contributed by atoms with Crippen LogP contribution in [-0.4, -0.2) is 66.8 Å². The van der Waals surface area contributed by atoms with E-state index in [1.54, 1.807) is 4.90 Å². The fourth-order valence-corrected chi connectivity index (χ4v) is 3.97. The molecule has 164 valence electrons. The van der Waals surface area contributed by atoms with Crippen LogP contribution in [0.4, 0.5) is 4.39 Å². The molecular weight excluding hydrogens is 401 g/mol. The highest BCUT2D eigenvalue weighted by Crippen LogP contribution is 2.18. The second kappa shape index (κ2) is 9.55. The molecule has 0 aliphatic carbocycles. The zero-order valence-corrected chi connectivity index (χ0v) is 17.1. The molecule has 2 atom stereocenters. The minimum absolute atomic E-state index is 0.00737. The summed E-state index contributed by atoms with van der Waals surface area (Å²) < 4.78 is 19.8. The van der Waals surface area contributed by atoms with E-state index in [2.05, 4.69) is 10.6 Å². The molecule has 1 saturated heterocycles. The Kier molecular flexibility index (Phi) is 6.60. The molecule has 31 heavy (non-hydrogen) atoms. The van der Waals surface area contributed by atoms with E-state index in [4.69, 9.17) is 4.74 Å². The minimum Gasteiger partial charge on any atom is -0.390 e. The molecule has 0 spiro atoms. The highest BCUT2D eigenvalue weighted by atomic mass is 19.1. The molecule has 2 unspecified atom stereocenters. The number of carbonyl (C=O) groups excluding carboxylic acids is 2. The largest absolute Gasteiger partial charge is 0.390 e. The number of ether oxygens (including phenoxy) is 1. The highest BCUT2D eigenvalue weighted by molar-refractivity contribution is 5.98. The molecule has 7 nitrogen and oxygen atoms in total. The van der Waals surface area contributed by atoms with Gasteiger partial charge >= 0.3 is 0 Å². The summed E-state index contributed by atoms with van der Waals surface area (Å²) in [5.41, 5.74) is 2.40. The Hall–Kier alpha value is -2.81. The van der Waals surface area contributed by atoms with E-state index in [9.17, 15) is 19.1 Å². The van der Waals surface area contributed by atoms with E-state index in [-0.39, 0.29) is 29.6 Å². The first-order valence-electron chi connectivity index (χ1n) is 10.5. The molecule has 2 amide bonds. The Balaban J connectivity index is 1.34. The van der Waals surface area contributed by atoms with Gasteiger partial charge in [0, 0.05) is 37.8 Å². The van der Waals surface area contributed by atoms with E-state index in [1.807, 2.05) is 24.3 Å². The predicted octanol–water partition coefficient (Wildman–Crippen LogP) is 1.10. The Morgan fingerprint density at radius 3 is 2.68 bits per heavy atom. The number of morpholine rings is 1. The number of hydrogen-bond acceptors (Lipinski definition) is 5. The maximum atomic E-state index is 14.5. The SMILES string of the molecule is O=C(NCC(O)C1Cc2ccccc2CN1)c1ccc(C(=O)N2CCOCC2)cc1F. The zero-order chi connectivity index (χ0) is 21.8. The average Bonchev–Trinajstić information content (AvgIpc) is 2.82. The molecule has 1 fully saturated rings. The van der Waals surface area contributed by atoms with Gasteiger partial charge in [-0.15, -0.1) is 0 Å². The Morgan fingerprint density at radius 1 is 1.19 bits per heavy atom. The molecule has 0 radical (unpaired) electrons. The summed E-state index contributed by atoms with van der Waals surface area (Å²) in [5.74, 6) is -1.68. The summed E-state index contributed by atoms with van der Waals surface area (Å²) in [6.07, 6.45) is -0.164. The Bertz CT molecular complexity index is 962. The lowest BCUT2D eigenvalue weighted by atomic mass is 9.93. The zero-order valence-electron chi connectivity index (χ0n) is 17.1. The third kappa shape index (κ3) is 4.92. The first kappa shape index (κ1) is 21.4. The van der Waals surface area contributed by atoms with Crippen LogP contribution in [0, 0.1) is 5.82 Å². The molecule has 2 aromatic rings. The minimum atomic E-state index is -0.817. The number of amides is 2. The van der Waals surface area contributed by atoms with Gasteiger partial charge < -0.3 is 25.4 Å². The summed E-state index contributed by atoms with van der Waals surface area (Å²) in [4.78, 5) is 26.5. The number of benzene rings is 2. The second-order valence-corrected chi connectivity index (χ2v) is 7.84. The molecule has 0 aromatic heterocycles. The van der Waals surface area contributed by atoms with E-state index in [0.29, 0.717) is 39.3 Å². The number of nitrogens with one attached hydrogen (secondary N) is 2. The molecule has 8 heteroatoms. The predicted molar refractivity (Wildman–Crippen MR) is 112 cm³/mol. The van der Waals surface area contributed by atoms with Gasteiger partial charge in [0.05, 0.1) is 24.9 Å². The van der Waals surface area contributed by atoms with E-state index < -0.39 is 17.8 Å². The van der Waals surface area contributed by atoms with Crippen molar-refractivity contribution in [2.75, 3.05) is 32.8 Å². The summed E-state index contributed by atoms with van der Waals surface area (Å²) in [6.45, 7) is 2.48. The molecule has 3 N–H and O–H groups in total. The summed E-state index contributed by atoms with van der Waals surface area (Å²) >= 11 is 0. The molecule has 2 heterocycles. The Morgan fingerprint density at radius 2 is 1.94 bits per heavy atom. The van der Waals surface area contributed by atoms with Gasteiger partial charge in [0.25, 0.3) is 11.8 Å². The van der Waals surface area contributed by atoms with Crippen molar-refractivity contribution >= 4 is 11.8 Å². The molecule has 2 aromatic carbocycles. The normalized spacial score (nSPS) is 19.4. The number of nitrogens with zero attached hydrogens (tertiary/aromatic N) is 1. The van der Waals surface area contributed by atoms with Crippen molar-refractivity contribution < 1.29 is 23.8 Å². The quantitative estimate of drug-likeness (QED) is 0.665. The van der Waals surface area contributed by atoms with Crippen LogP contribution >= 0.6 is 0 Å². The maximum absolute atomic E-state index is 14.5. The standard InChI is InChI=1S/C23H26FN3O4/c24-19-11-16(23(30)27-7-9-31-10-8-27)5-6-18(19)22(29)26-14-21(28)20-12-15-3-1-2-4-17(15)13-25-20/h1-6,11,20-21,25,28H,7-10,12-14H2,(H,26,29). The number of carbonyl (C=O) groups is 2. The van der Waals surface area contributed by atoms with Crippen LogP contribution in [0.15, 0.2) is 42.5 Å². The van der Waals surface area contributed by atoms with Crippen molar-refractivity contribution in [1.82, 2.24) is 15.5 Å². The third-order valence-corrected chi connectivity index (χ3v) is 5.81. The van der Waals surface area contributed by atoms with E-state index >= 15 is 0 Å². The molecule has 2 aliphatic rings. The fraction of sp³-hybridized carbons (Fsp3) is 0.391. The highest BCUT2D eigenvalue weighted by Gasteiger charge is 2.25. The van der Waals surface area contributed by atoms with Crippen molar-refractivity contribution in [2.24, 2.45) is 0 Å². The second-order valence-electron chi connectivity index (χ2n) is 7.84. The monoisotopic (exact) mass is 427 g/mol. The van der Waals surface area contributed by atoms with Crippen molar-refractivity contribution in [3.05, 3.63) is 70.5 Å². The van der Waals surface area contributed by atoms with Crippen LogP contribution in [0.3, 0.4) is 0 Å². The average molecular weight is 427 g/mol. The molecular formula is C23H26FN3O4. The van der Waals surface area contributed by atoms with E-state index in [1.165, 1.54) is 23.3 Å². The van der Waals surface area contributed by atoms with Gasteiger partial charge in [-0.05, 0) is 35.7 Å². The Labute approximate surface area is 180 Å². The van der Waals surface area contributed by atoms with Gasteiger partial charge in [0.2, 0.25) is 0 Å². The van der Waals surface area contributed by atoms with Crippen LogP contribution in [0.1, 0.15) is 31.8 Å². The smallest absolute Gasteiger partial charge is 0.254 e. The van der Waals surface area contributed by atoms with Gasteiger partial charge in [-0.2, -0.15) is 0 Å². The number of aliphatic hydroxyl groups is 1. The number of hydrogen-bond donors (Lipinski definition) is 3. The van der Waals surface area contributed by atoms with E-state index in [0.717, 1.165) is 6.07 Å². The number of halogens is 1. The van der Waals surface area contributed by atoms with Crippen LogP contribution in [0.5, 0.6) is 0 Å². The summed E-state index contributed by atoms with van der Waals surface area (Å²) in [6, 6.07) is 11.7. The maximum Gasteiger partial charge on any atom is 0.254 e. The number of aliphatic hydroxyl groups excluding tert-OH is 1. The fourth-order valence-electron chi connectivity index (χ4n) is 3.97. The van der Waals surface area contributed by atoms with Crippen LogP contribution in [0.25, 0.3) is 0 Å². The molecule has 0 saturated carbocycles. The third-order valence-electron chi connectivity index (χ3n) is 5.81. The van der Waals surface area contributed by atoms with Crippen LogP contribution in [-0.2, 0) is 17.7 Å². The van der Waals surface area contributed by atoms with Crippen molar-refractivity contribution in [3.8, 4) is 0 Å². The first-order valence-corrected chi connectivity index (χ1v) is 10.5. The van der Waals surface area contributed by atoms with Gasteiger partial charge in [0.1, 0.15) is 5.82 Å². The number of fused-ring (bicyclic) bond motifs is 1. The lowest BCUT2D eigenvalue weighted by molar-refractivity contribution is 0.0302. The van der Waals surface area contributed by atoms with Gasteiger partial charge in [-0.25, -0.2) is 4.39 Å². The van der Waals surface area contributed by atoms with Gasteiger partial charge in [-0.1, -0.05) is 24.3 Å². The lowest BCUT2D eigenvalue weighted by Crippen LogP contribution is -2.49. The van der Waals surface area contributed by atoms with Gasteiger partial charge in [-0.3, -0.25) is 9.59 Å². The van der Waals surface area contributed by atoms with Crippen molar-refractivity contribution in [2.45, 2.75) is 25.1 Å². The topological polar surface area (TPSA) is 90.9 Å². The summed E-state index contributed by atoms with van der Waals surface area (Å²) in [7, 11) is 0. The number of rotatable bonds is 5. The van der Waals surface area contributed by atoms with Crippen molar-refractivity contribution in [3.63, 3.8) is 0 Å². The first-order chi connectivity index (χ1) is 15.0. The van der Waals surface area contributed by atoms with Gasteiger partial charge in [0.15, 0.2) is 0 Å². The lowest BCUT2D eigenvalue weighted by Gasteiger charge is -2.30. The molecule has 4 rings (SSSR count). The molecule has 0 bridgehead atoms. The van der Waals surface area contributed by atoms with Crippen LogP contribution < -0.4 is 10.6 Å². The van der Waals surface area contributed by atoms with Crippen LogP contribution in [0.2, 0.25) is 0 Å². The summed E-state index contributed by atoms with van der Waals surface area (Å²) in [5, 5.41) is 16.4.